The van der Waals surface area contributed by atoms with Crippen LogP contribution in [0.4, 0.5) is 11.4 Å². The van der Waals surface area contributed by atoms with Gasteiger partial charge >= 0.3 is 0 Å². The number of non-ortho nitro benzene ring substituents is 1. The number of nitro benzene ring substituents is 1. The Morgan fingerprint density at radius 2 is 1.95 bits per heavy atom. The lowest BCUT2D eigenvalue weighted by Crippen LogP contribution is -2.24. The molecule has 0 aliphatic heterocycles. The normalized spacial score (nSPS) is 16.9. The number of carbonyl (C=O) groups excluding carboxylic acids is 1. The summed E-state index contributed by atoms with van der Waals surface area (Å²) in [6.45, 7) is 1.91. The summed E-state index contributed by atoms with van der Waals surface area (Å²) in [4.78, 5) is 22.1. The predicted octanol–water partition coefficient (Wildman–Crippen LogP) is 3.60. The lowest BCUT2D eigenvalue weighted by molar-refractivity contribution is -0.384. The summed E-state index contributed by atoms with van der Waals surface area (Å²) >= 11 is 1.72. The fourth-order valence-electron chi connectivity index (χ4n) is 2.29. The highest BCUT2D eigenvalue weighted by atomic mass is 32.2. The molecule has 1 aromatic carbocycles. The van der Waals surface area contributed by atoms with Crippen LogP contribution in [0.5, 0.6) is 0 Å². The molecule has 6 heteroatoms. The van der Waals surface area contributed by atoms with Crippen molar-refractivity contribution >= 4 is 29.0 Å². The Kier molecular flexibility index (Phi) is 5.00. The van der Waals surface area contributed by atoms with Crippen molar-refractivity contribution in [2.45, 2.75) is 43.1 Å². The minimum absolute atomic E-state index is 0.0244. The Balaban J connectivity index is 1.87. The van der Waals surface area contributed by atoms with Crippen molar-refractivity contribution in [2.75, 3.05) is 5.32 Å². The van der Waals surface area contributed by atoms with Crippen molar-refractivity contribution < 1.29 is 9.72 Å². The van der Waals surface area contributed by atoms with Crippen LogP contribution in [0.3, 0.4) is 0 Å². The van der Waals surface area contributed by atoms with Gasteiger partial charge in [0.25, 0.3) is 5.69 Å². The summed E-state index contributed by atoms with van der Waals surface area (Å²) in [5, 5.41) is 13.8. The number of benzene rings is 1. The van der Waals surface area contributed by atoms with Crippen LogP contribution < -0.4 is 5.32 Å². The molecule has 1 saturated carbocycles. The maximum absolute atomic E-state index is 12.1. The highest BCUT2D eigenvalue weighted by molar-refractivity contribution is 8.01. The van der Waals surface area contributed by atoms with E-state index in [9.17, 15) is 14.9 Å². The second kappa shape index (κ2) is 6.74. The van der Waals surface area contributed by atoms with E-state index in [1.54, 1.807) is 23.9 Å². The van der Waals surface area contributed by atoms with Crippen molar-refractivity contribution in [3.8, 4) is 0 Å². The van der Waals surface area contributed by atoms with E-state index >= 15 is 0 Å². The summed E-state index contributed by atoms with van der Waals surface area (Å²) in [5.41, 5.74) is 0.621. The molecule has 2 rings (SSSR count). The molecule has 1 atom stereocenters. The highest BCUT2D eigenvalue weighted by Gasteiger charge is 2.22. The zero-order valence-corrected chi connectivity index (χ0v) is 12.2. The van der Waals surface area contributed by atoms with Crippen molar-refractivity contribution in [1.29, 1.82) is 0 Å². The number of nitro groups is 1. The topological polar surface area (TPSA) is 72.2 Å². The summed E-state index contributed by atoms with van der Waals surface area (Å²) in [6.07, 6.45) is 4.91. The quantitative estimate of drug-likeness (QED) is 0.665. The average Bonchev–Trinajstić information content (AvgIpc) is 2.92. The summed E-state index contributed by atoms with van der Waals surface area (Å²) in [6, 6.07) is 5.90. The zero-order chi connectivity index (χ0) is 14.5. The van der Waals surface area contributed by atoms with Gasteiger partial charge in [-0.15, -0.1) is 11.8 Å². The van der Waals surface area contributed by atoms with E-state index in [-0.39, 0.29) is 16.8 Å². The van der Waals surface area contributed by atoms with Crippen molar-refractivity contribution in [1.82, 2.24) is 0 Å². The van der Waals surface area contributed by atoms with E-state index in [2.05, 4.69) is 5.32 Å². The number of thioether (sulfide) groups is 1. The molecule has 1 aliphatic rings. The predicted molar refractivity (Wildman–Crippen MR) is 81.0 cm³/mol. The second-order valence-electron chi connectivity index (χ2n) is 4.98. The van der Waals surface area contributed by atoms with E-state index in [1.807, 2.05) is 6.92 Å². The molecule has 1 N–H and O–H groups in total. The van der Waals surface area contributed by atoms with Crippen LogP contribution in [0, 0.1) is 10.1 Å². The number of hydrogen-bond donors (Lipinski definition) is 1. The van der Waals surface area contributed by atoms with E-state index < -0.39 is 4.92 Å². The molecule has 0 unspecified atom stereocenters. The first-order chi connectivity index (χ1) is 9.56. The SMILES string of the molecule is C[C@H](SC1CCCC1)C(=O)Nc1ccc([N+](=O)[O-])cc1. The summed E-state index contributed by atoms with van der Waals surface area (Å²) < 4.78 is 0. The van der Waals surface area contributed by atoms with Gasteiger partial charge in [-0.05, 0) is 31.9 Å². The lowest BCUT2D eigenvalue weighted by atomic mass is 10.3. The van der Waals surface area contributed by atoms with Gasteiger partial charge in [-0.3, -0.25) is 14.9 Å². The summed E-state index contributed by atoms with van der Waals surface area (Å²) in [5.74, 6) is -0.0456. The van der Waals surface area contributed by atoms with Gasteiger partial charge in [0.15, 0.2) is 0 Å². The van der Waals surface area contributed by atoms with Crippen LogP contribution in [0.2, 0.25) is 0 Å². The molecule has 0 bridgehead atoms. The third-order valence-electron chi connectivity index (χ3n) is 3.41. The first-order valence-corrected chi connectivity index (χ1v) is 7.71. The van der Waals surface area contributed by atoms with Crippen LogP contribution in [0.15, 0.2) is 24.3 Å². The molecule has 108 valence electrons. The number of nitrogens with one attached hydrogen (secondary N) is 1. The number of carbonyl (C=O) groups is 1. The Morgan fingerprint density at radius 3 is 2.50 bits per heavy atom. The third-order valence-corrected chi connectivity index (χ3v) is 4.89. The zero-order valence-electron chi connectivity index (χ0n) is 11.4. The van der Waals surface area contributed by atoms with Crippen LogP contribution >= 0.6 is 11.8 Å². The van der Waals surface area contributed by atoms with Crippen molar-refractivity contribution in [2.24, 2.45) is 0 Å². The molecule has 0 aromatic heterocycles. The number of nitrogens with zero attached hydrogens (tertiary/aromatic N) is 1. The standard InChI is InChI=1S/C14H18N2O3S/c1-10(20-13-4-2-3-5-13)14(17)15-11-6-8-12(9-7-11)16(18)19/h6-10,13H,2-5H2,1H3,(H,15,17)/t10-/m0/s1. The molecule has 5 nitrogen and oxygen atoms in total. The number of anilines is 1. The minimum Gasteiger partial charge on any atom is -0.325 e. The molecule has 0 radical (unpaired) electrons. The van der Waals surface area contributed by atoms with Gasteiger partial charge in [-0.2, -0.15) is 0 Å². The van der Waals surface area contributed by atoms with Gasteiger partial charge in [0.2, 0.25) is 5.91 Å². The van der Waals surface area contributed by atoms with Gasteiger partial charge in [0, 0.05) is 23.1 Å². The maximum Gasteiger partial charge on any atom is 0.269 e. The Labute approximate surface area is 122 Å². The third kappa shape index (κ3) is 3.96. The Bertz CT molecular complexity index is 484. The molecule has 1 fully saturated rings. The van der Waals surface area contributed by atoms with Crippen LogP contribution in [0.1, 0.15) is 32.6 Å². The summed E-state index contributed by atoms with van der Waals surface area (Å²) in [7, 11) is 0. The molecule has 1 aliphatic carbocycles. The number of hydrogen-bond acceptors (Lipinski definition) is 4. The van der Waals surface area contributed by atoms with Gasteiger partial charge in [-0.1, -0.05) is 12.8 Å². The molecular weight excluding hydrogens is 276 g/mol. The first kappa shape index (κ1) is 14.8. The van der Waals surface area contributed by atoms with Crippen molar-refractivity contribution in [3.63, 3.8) is 0 Å². The smallest absolute Gasteiger partial charge is 0.269 e. The molecule has 0 heterocycles. The van der Waals surface area contributed by atoms with Crippen LogP contribution in [-0.4, -0.2) is 21.3 Å². The Hall–Kier alpha value is -1.56. The van der Waals surface area contributed by atoms with Gasteiger partial charge in [0.05, 0.1) is 10.2 Å². The minimum atomic E-state index is -0.454. The molecule has 1 aromatic rings. The fourth-order valence-corrected chi connectivity index (χ4v) is 3.65. The first-order valence-electron chi connectivity index (χ1n) is 6.77. The number of amides is 1. The monoisotopic (exact) mass is 294 g/mol. The van der Waals surface area contributed by atoms with Crippen LogP contribution in [-0.2, 0) is 4.79 Å². The second-order valence-corrected chi connectivity index (χ2v) is 6.62. The van der Waals surface area contributed by atoms with E-state index in [1.165, 1.54) is 37.8 Å². The van der Waals surface area contributed by atoms with E-state index in [0.717, 1.165) is 0 Å². The largest absolute Gasteiger partial charge is 0.325 e. The molecule has 0 saturated heterocycles. The van der Waals surface area contributed by atoms with E-state index in [0.29, 0.717) is 10.9 Å². The van der Waals surface area contributed by atoms with E-state index in [4.69, 9.17) is 0 Å². The average molecular weight is 294 g/mol. The molecule has 20 heavy (non-hydrogen) atoms. The highest BCUT2D eigenvalue weighted by Crippen LogP contribution is 2.32. The van der Waals surface area contributed by atoms with Gasteiger partial charge in [-0.25, -0.2) is 0 Å². The van der Waals surface area contributed by atoms with Crippen molar-refractivity contribution in [3.05, 3.63) is 34.4 Å². The molecular formula is C14H18N2O3S. The lowest BCUT2D eigenvalue weighted by Gasteiger charge is -2.15. The number of rotatable bonds is 5. The van der Waals surface area contributed by atoms with Gasteiger partial charge < -0.3 is 5.32 Å². The van der Waals surface area contributed by atoms with Crippen LogP contribution in [0.25, 0.3) is 0 Å². The Morgan fingerprint density at radius 1 is 1.35 bits per heavy atom. The maximum atomic E-state index is 12.1. The van der Waals surface area contributed by atoms with Gasteiger partial charge in [0.1, 0.15) is 0 Å². The fraction of sp³-hybridized carbons (Fsp3) is 0.500. The molecule has 0 spiro atoms. The molecule has 1 amide bonds.